The molecule has 2 heterocycles. The summed E-state index contributed by atoms with van der Waals surface area (Å²) in [5.41, 5.74) is 3.10. The molecule has 0 spiro atoms. The molecule has 0 bridgehead atoms. The van der Waals surface area contributed by atoms with E-state index in [-0.39, 0.29) is 5.91 Å². The topological polar surface area (TPSA) is 69.0 Å². The number of pyridine rings is 1. The Kier molecular flexibility index (Phi) is 6.10. The van der Waals surface area contributed by atoms with Gasteiger partial charge in [0, 0.05) is 34.9 Å². The van der Waals surface area contributed by atoms with Gasteiger partial charge in [0.25, 0.3) is 5.91 Å². The number of ether oxygens (including phenoxy) is 1. The normalized spacial score (nSPS) is 10.6. The van der Waals surface area contributed by atoms with Crippen LogP contribution in [0.1, 0.15) is 16.1 Å². The molecule has 6 nitrogen and oxygen atoms in total. The molecule has 1 amide bonds. The predicted molar refractivity (Wildman–Crippen MR) is 118 cm³/mol. The van der Waals surface area contributed by atoms with Crippen molar-refractivity contribution in [1.29, 1.82) is 0 Å². The molecular formula is C23H20N4O2S. The van der Waals surface area contributed by atoms with Crippen molar-refractivity contribution >= 4 is 23.4 Å². The summed E-state index contributed by atoms with van der Waals surface area (Å²) in [5, 5.41) is 7.25. The van der Waals surface area contributed by atoms with Crippen molar-refractivity contribution in [2.75, 3.05) is 12.4 Å². The predicted octanol–water partition coefficient (Wildman–Crippen LogP) is 4.82. The van der Waals surface area contributed by atoms with Crippen LogP contribution in [0.15, 0.2) is 90.2 Å². The minimum absolute atomic E-state index is 0.252. The lowest BCUT2D eigenvalue weighted by molar-refractivity contribution is 0.102. The lowest BCUT2D eigenvalue weighted by Crippen LogP contribution is -2.13. The second-order valence-electron chi connectivity index (χ2n) is 6.47. The fourth-order valence-corrected chi connectivity index (χ4v) is 3.64. The quantitative estimate of drug-likeness (QED) is 0.438. The molecule has 0 unspecified atom stereocenters. The Morgan fingerprint density at radius 2 is 1.87 bits per heavy atom. The molecule has 4 rings (SSSR count). The summed E-state index contributed by atoms with van der Waals surface area (Å²) in [4.78, 5) is 17.8. The van der Waals surface area contributed by atoms with Gasteiger partial charge >= 0.3 is 0 Å². The van der Waals surface area contributed by atoms with Gasteiger partial charge in [0.1, 0.15) is 5.75 Å². The second-order valence-corrected chi connectivity index (χ2v) is 7.52. The van der Waals surface area contributed by atoms with Crippen LogP contribution < -0.4 is 10.1 Å². The summed E-state index contributed by atoms with van der Waals surface area (Å²) in [6.45, 7) is 0. The molecule has 0 aliphatic carbocycles. The third kappa shape index (κ3) is 4.87. The number of nitrogens with zero attached hydrogens (tertiary/aromatic N) is 3. The molecule has 150 valence electrons. The molecule has 30 heavy (non-hydrogen) atoms. The van der Waals surface area contributed by atoms with Crippen LogP contribution in [-0.2, 0) is 5.75 Å². The van der Waals surface area contributed by atoms with Gasteiger partial charge in [-0.05, 0) is 66.2 Å². The van der Waals surface area contributed by atoms with Crippen molar-refractivity contribution in [1.82, 2.24) is 14.8 Å². The van der Waals surface area contributed by atoms with Crippen molar-refractivity contribution < 1.29 is 9.53 Å². The third-order valence-electron chi connectivity index (χ3n) is 4.40. The number of methoxy groups -OCH3 is 1. The molecule has 4 aromatic rings. The van der Waals surface area contributed by atoms with Crippen LogP contribution in [0.2, 0.25) is 0 Å². The fourth-order valence-electron chi connectivity index (χ4n) is 2.80. The molecule has 0 saturated heterocycles. The highest BCUT2D eigenvalue weighted by molar-refractivity contribution is 7.98. The van der Waals surface area contributed by atoms with E-state index in [1.165, 1.54) is 5.56 Å². The van der Waals surface area contributed by atoms with Crippen molar-refractivity contribution in [3.63, 3.8) is 0 Å². The Morgan fingerprint density at radius 3 is 2.57 bits per heavy atom. The van der Waals surface area contributed by atoms with E-state index < -0.39 is 0 Å². The van der Waals surface area contributed by atoms with Gasteiger partial charge in [0.15, 0.2) is 5.69 Å². The van der Waals surface area contributed by atoms with E-state index >= 15 is 0 Å². The summed E-state index contributed by atoms with van der Waals surface area (Å²) in [6, 6.07) is 20.9. The molecular weight excluding hydrogens is 396 g/mol. The Morgan fingerprint density at radius 1 is 1.07 bits per heavy atom. The maximum atomic E-state index is 12.5. The molecule has 0 atom stereocenters. The van der Waals surface area contributed by atoms with Gasteiger partial charge in [-0.15, -0.1) is 11.8 Å². The highest BCUT2D eigenvalue weighted by Crippen LogP contribution is 2.24. The number of hydrogen-bond acceptors (Lipinski definition) is 5. The number of rotatable bonds is 7. The maximum absolute atomic E-state index is 12.5. The second kappa shape index (κ2) is 9.28. The van der Waals surface area contributed by atoms with E-state index in [0.29, 0.717) is 5.69 Å². The van der Waals surface area contributed by atoms with E-state index in [2.05, 4.69) is 21.5 Å². The van der Waals surface area contributed by atoms with Crippen LogP contribution in [-0.4, -0.2) is 27.8 Å². The standard InChI is InChI=1S/C23H20N4O2S/c1-29-20-8-6-19(7-9-20)27-14-12-22(26-27)23(28)25-18-4-10-21(11-5-18)30-16-17-3-2-13-24-15-17/h2-15H,16H2,1H3,(H,25,28). The molecule has 0 radical (unpaired) electrons. The zero-order valence-electron chi connectivity index (χ0n) is 16.4. The molecule has 0 aliphatic rings. The van der Waals surface area contributed by atoms with Gasteiger partial charge in [-0.3, -0.25) is 9.78 Å². The van der Waals surface area contributed by atoms with E-state index in [1.807, 2.05) is 60.8 Å². The van der Waals surface area contributed by atoms with Crippen LogP contribution in [0.4, 0.5) is 5.69 Å². The molecule has 0 aliphatic heterocycles. The SMILES string of the molecule is COc1ccc(-n2ccc(C(=O)Nc3ccc(SCc4cccnc4)cc3)n2)cc1. The first-order chi connectivity index (χ1) is 14.7. The van der Waals surface area contributed by atoms with E-state index in [0.717, 1.165) is 27.8 Å². The minimum Gasteiger partial charge on any atom is -0.497 e. The number of anilines is 1. The van der Waals surface area contributed by atoms with Crippen LogP contribution in [0.25, 0.3) is 5.69 Å². The molecule has 2 aromatic heterocycles. The first-order valence-corrected chi connectivity index (χ1v) is 10.3. The molecule has 1 N–H and O–H groups in total. The van der Waals surface area contributed by atoms with Gasteiger partial charge in [-0.25, -0.2) is 4.68 Å². The Balaban J connectivity index is 1.36. The van der Waals surface area contributed by atoms with Gasteiger partial charge < -0.3 is 10.1 Å². The fraction of sp³-hybridized carbons (Fsp3) is 0.0870. The Bertz CT molecular complexity index is 1110. The summed E-state index contributed by atoms with van der Waals surface area (Å²) in [6.07, 6.45) is 5.40. The average molecular weight is 417 g/mol. The van der Waals surface area contributed by atoms with Gasteiger partial charge in [-0.1, -0.05) is 6.07 Å². The van der Waals surface area contributed by atoms with E-state index in [9.17, 15) is 4.79 Å². The number of amides is 1. The van der Waals surface area contributed by atoms with Gasteiger partial charge in [-0.2, -0.15) is 5.10 Å². The zero-order valence-corrected chi connectivity index (χ0v) is 17.2. The number of thioether (sulfide) groups is 1. The van der Waals surface area contributed by atoms with Crippen molar-refractivity contribution in [2.45, 2.75) is 10.6 Å². The van der Waals surface area contributed by atoms with Gasteiger partial charge in [0.2, 0.25) is 0 Å². The van der Waals surface area contributed by atoms with Crippen LogP contribution in [0.3, 0.4) is 0 Å². The highest BCUT2D eigenvalue weighted by atomic mass is 32.2. The van der Waals surface area contributed by atoms with Crippen molar-refractivity contribution in [3.8, 4) is 11.4 Å². The summed E-state index contributed by atoms with van der Waals surface area (Å²) >= 11 is 1.72. The lowest BCUT2D eigenvalue weighted by Gasteiger charge is -2.06. The summed E-state index contributed by atoms with van der Waals surface area (Å²) < 4.78 is 6.82. The largest absolute Gasteiger partial charge is 0.497 e. The third-order valence-corrected chi connectivity index (χ3v) is 5.48. The zero-order chi connectivity index (χ0) is 20.8. The number of nitrogens with one attached hydrogen (secondary N) is 1. The highest BCUT2D eigenvalue weighted by Gasteiger charge is 2.11. The Labute approximate surface area is 178 Å². The van der Waals surface area contributed by atoms with Crippen molar-refractivity contribution in [2.24, 2.45) is 0 Å². The maximum Gasteiger partial charge on any atom is 0.276 e. The number of aromatic nitrogens is 3. The minimum atomic E-state index is -0.252. The number of carbonyl (C=O) groups is 1. The van der Waals surface area contributed by atoms with Gasteiger partial charge in [0.05, 0.1) is 12.8 Å². The summed E-state index contributed by atoms with van der Waals surface area (Å²) in [5.74, 6) is 1.37. The van der Waals surface area contributed by atoms with Crippen LogP contribution in [0.5, 0.6) is 5.75 Å². The smallest absolute Gasteiger partial charge is 0.276 e. The number of hydrogen-bond donors (Lipinski definition) is 1. The molecule has 7 heteroatoms. The summed E-state index contributed by atoms with van der Waals surface area (Å²) in [7, 11) is 1.62. The lowest BCUT2D eigenvalue weighted by atomic mass is 10.3. The Hall–Kier alpha value is -3.58. The van der Waals surface area contributed by atoms with E-state index in [1.54, 1.807) is 42.0 Å². The molecule has 0 saturated carbocycles. The van der Waals surface area contributed by atoms with Crippen molar-refractivity contribution in [3.05, 3.63) is 96.6 Å². The molecule has 0 fully saturated rings. The average Bonchev–Trinajstić information content (AvgIpc) is 3.30. The van der Waals surface area contributed by atoms with Crippen LogP contribution >= 0.6 is 11.8 Å². The van der Waals surface area contributed by atoms with Crippen LogP contribution in [0, 0.1) is 0 Å². The van der Waals surface area contributed by atoms with E-state index in [4.69, 9.17) is 4.74 Å². The molecule has 2 aromatic carbocycles. The first-order valence-electron chi connectivity index (χ1n) is 9.34. The number of benzene rings is 2. The number of carbonyl (C=O) groups excluding carboxylic acids is 1. The monoisotopic (exact) mass is 416 g/mol. The first kappa shape index (κ1) is 19.7.